The van der Waals surface area contributed by atoms with Crippen molar-refractivity contribution in [3.05, 3.63) is 105 Å². The van der Waals surface area contributed by atoms with Crippen LogP contribution in [0, 0.1) is 17.0 Å². The van der Waals surface area contributed by atoms with Crippen LogP contribution in [0.15, 0.2) is 77.7 Å². The molecule has 0 N–H and O–H groups in total. The number of aryl methyl sites for hydroxylation is 1. The number of anilines is 1. The molecular weight excluding hydrogens is 358 g/mol. The molecule has 0 aliphatic carbocycles. The second-order valence-electron chi connectivity index (χ2n) is 6.37. The molecule has 0 bridgehead atoms. The number of hydrogen-bond acceptors (Lipinski definition) is 4. The average molecular weight is 377 g/mol. The van der Waals surface area contributed by atoms with Gasteiger partial charge in [0.2, 0.25) is 5.91 Å². The number of carbonyl (C=O) groups is 1. The van der Waals surface area contributed by atoms with Crippen LogP contribution >= 0.6 is 0 Å². The van der Waals surface area contributed by atoms with Crippen LogP contribution in [-0.2, 0) is 17.9 Å². The molecule has 1 amide bonds. The molecule has 7 nitrogen and oxygen atoms in total. The molecule has 0 radical (unpaired) electrons. The molecule has 0 aliphatic heterocycles. The van der Waals surface area contributed by atoms with Gasteiger partial charge in [-0.3, -0.25) is 24.3 Å². The molecule has 0 saturated carbocycles. The fraction of sp³-hybridized carbons (Fsp3) is 0.143. The summed E-state index contributed by atoms with van der Waals surface area (Å²) < 4.78 is 1.09. The third kappa shape index (κ3) is 4.32. The summed E-state index contributed by atoms with van der Waals surface area (Å²) in [5.41, 5.74) is 1.19. The lowest BCUT2D eigenvalue weighted by Gasteiger charge is -2.23. The average Bonchev–Trinajstić information content (AvgIpc) is 2.70. The summed E-state index contributed by atoms with van der Waals surface area (Å²) in [6.07, 6.45) is 1.11. The number of benzene rings is 2. The Morgan fingerprint density at radius 2 is 1.68 bits per heavy atom. The highest BCUT2D eigenvalue weighted by Gasteiger charge is 2.19. The lowest BCUT2D eigenvalue weighted by molar-refractivity contribution is -0.385. The van der Waals surface area contributed by atoms with Crippen molar-refractivity contribution >= 4 is 17.3 Å². The molecule has 7 heteroatoms. The summed E-state index contributed by atoms with van der Waals surface area (Å²) in [6.45, 7) is 1.53. The summed E-state index contributed by atoms with van der Waals surface area (Å²) in [5, 5.41) is 11.1. The molecule has 0 spiro atoms. The van der Waals surface area contributed by atoms with E-state index >= 15 is 0 Å². The van der Waals surface area contributed by atoms with E-state index in [9.17, 15) is 19.7 Å². The maximum Gasteiger partial charge on any atom is 0.286 e. The molecule has 2 aromatic carbocycles. The first-order chi connectivity index (χ1) is 13.5. The summed E-state index contributed by atoms with van der Waals surface area (Å²) in [6, 6.07) is 19.8. The molecule has 3 rings (SSSR count). The zero-order valence-electron chi connectivity index (χ0n) is 15.3. The van der Waals surface area contributed by atoms with Crippen LogP contribution in [0.3, 0.4) is 0 Å². The molecule has 0 saturated heterocycles. The largest absolute Gasteiger partial charge is 0.306 e. The zero-order valence-corrected chi connectivity index (χ0v) is 15.3. The molecule has 0 unspecified atom stereocenters. The van der Waals surface area contributed by atoms with Gasteiger partial charge in [0.1, 0.15) is 6.54 Å². The van der Waals surface area contributed by atoms with Crippen molar-refractivity contribution in [1.29, 1.82) is 0 Å². The number of para-hydroxylation sites is 1. The number of nitro groups is 1. The van der Waals surface area contributed by atoms with Gasteiger partial charge in [0, 0.05) is 17.3 Å². The highest BCUT2D eigenvalue weighted by Crippen LogP contribution is 2.18. The van der Waals surface area contributed by atoms with Gasteiger partial charge in [-0.05, 0) is 24.6 Å². The predicted octanol–water partition coefficient (Wildman–Crippen LogP) is 3.30. The number of rotatable bonds is 6. The lowest BCUT2D eigenvalue weighted by Crippen LogP contribution is -2.36. The van der Waals surface area contributed by atoms with Gasteiger partial charge in [-0.2, -0.15) is 0 Å². The van der Waals surface area contributed by atoms with Gasteiger partial charge in [0.15, 0.2) is 0 Å². The third-order valence-corrected chi connectivity index (χ3v) is 4.32. The number of amides is 1. The van der Waals surface area contributed by atoms with Crippen molar-refractivity contribution in [2.24, 2.45) is 0 Å². The van der Waals surface area contributed by atoms with Crippen molar-refractivity contribution < 1.29 is 9.72 Å². The summed E-state index contributed by atoms with van der Waals surface area (Å²) in [4.78, 5) is 37.5. The third-order valence-electron chi connectivity index (χ3n) is 4.32. The molecule has 1 heterocycles. The van der Waals surface area contributed by atoms with E-state index in [1.807, 2.05) is 60.7 Å². The Hall–Kier alpha value is -3.74. The van der Waals surface area contributed by atoms with Crippen molar-refractivity contribution in [3.63, 3.8) is 0 Å². The standard InChI is InChI=1S/C21H19N3O4/c1-16-12-19(24(27)28)14-22(21(16)26)15-20(25)23(18-10-6-3-7-11-18)13-17-8-4-2-5-9-17/h2-12,14H,13,15H2,1H3. The lowest BCUT2D eigenvalue weighted by atomic mass is 10.2. The fourth-order valence-electron chi connectivity index (χ4n) is 2.91. The minimum absolute atomic E-state index is 0.219. The van der Waals surface area contributed by atoms with Gasteiger partial charge in [-0.15, -0.1) is 0 Å². The van der Waals surface area contributed by atoms with Gasteiger partial charge >= 0.3 is 0 Å². The number of aromatic nitrogens is 1. The number of carbonyl (C=O) groups excluding carboxylic acids is 1. The van der Waals surface area contributed by atoms with Crippen molar-refractivity contribution in [3.8, 4) is 0 Å². The van der Waals surface area contributed by atoms with Crippen molar-refractivity contribution in [2.45, 2.75) is 20.0 Å². The van der Waals surface area contributed by atoms with E-state index in [0.717, 1.165) is 16.3 Å². The molecule has 28 heavy (non-hydrogen) atoms. The Labute approximate surface area is 161 Å². The van der Waals surface area contributed by atoms with E-state index in [0.29, 0.717) is 12.2 Å². The Morgan fingerprint density at radius 1 is 1.07 bits per heavy atom. The highest BCUT2D eigenvalue weighted by molar-refractivity contribution is 5.93. The molecule has 142 valence electrons. The second-order valence-corrected chi connectivity index (χ2v) is 6.37. The van der Waals surface area contributed by atoms with Gasteiger partial charge in [-0.1, -0.05) is 48.5 Å². The molecule has 0 aliphatic rings. The monoisotopic (exact) mass is 377 g/mol. The van der Waals surface area contributed by atoms with Crippen LogP contribution in [0.4, 0.5) is 11.4 Å². The van der Waals surface area contributed by atoms with Crippen LogP contribution in [0.1, 0.15) is 11.1 Å². The van der Waals surface area contributed by atoms with Crippen LogP contribution in [0.2, 0.25) is 0 Å². The Balaban J connectivity index is 1.94. The molecule has 0 fully saturated rings. The Morgan fingerprint density at radius 3 is 2.29 bits per heavy atom. The first-order valence-corrected chi connectivity index (χ1v) is 8.70. The van der Waals surface area contributed by atoms with Crippen LogP contribution < -0.4 is 10.5 Å². The molecule has 3 aromatic rings. The zero-order chi connectivity index (χ0) is 20.1. The van der Waals surface area contributed by atoms with Crippen molar-refractivity contribution in [1.82, 2.24) is 4.57 Å². The minimum Gasteiger partial charge on any atom is -0.306 e. The SMILES string of the molecule is Cc1cc([N+](=O)[O-])cn(CC(=O)N(Cc2ccccc2)c2ccccc2)c1=O. The Bertz CT molecular complexity index is 1050. The van der Waals surface area contributed by atoms with Crippen LogP contribution in [-0.4, -0.2) is 15.4 Å². The van der Waals surface area contributed by atoms with Gasteiger partial charge in [-0.25, -0.2) is 0 Å². The van der Waals surface area contributed by atoms with Gasteiger partial charge < -0.3 is 4.90 Å². The normalized spacial score (nSPS) is 10.5. The van der Waals surface area contributed by atoms with Crippen LogP contribution in [0.5, 0.6) is 0 Å². The van der Waals surface area contributed by atoms with E-state index in [1.54, 1.807) is 4.90 Å². The van der Waals surface area contributed by atoms with Crippen molar-refractivity contribution in [2.75, 3.05) is 4.90 Å². The summed E-state index contributed by atoms with van der Waals surface area (Å²) in [5.74, 6) is -0.336. The van der Waals surface area contributed by atoms with Crippen LogP contribution in [0.25, 0.3) is 0 Å². The Kier molecular flexibility index (Phi) is 5.64. The summed E-state index contributed by atoms with van der Waals surface area (Å²) in [7, 11) is 0. The van der Waals surface area contributed by atoms with E-state index < -0.39 is 10.5 Å². The van der Waals surface area contributed by atoms with E-state index in [4.69, 9.17) is 0 Å². The fourth-order valence-corrected chi connectivity index (χ4v) is 2.91. The molecule has 1 aromatic heterocycles. The van der Waals surface area contributed by atoms with E-state index in [1.165, 1.54) is 13.0 Å². The van der Waals surface area contributed by atoms with Gasteiger partial charge in [0.25, 0.3) is 11.2 Å². The smallest absolute Gasteiger partial charge is 0.286 e. The maximum absolute atomic E-state index is 13.1. The second kappa shape index (κ2) is 8.30. The first-order valence-electron chi connectivity index (χ1n) is 8.70. The molecule has 0 atom stereocenters. The van der Waals surface area contributed by atoms with E-state index in [-0.39, 0.29) is 23.7 Å². The molecular formula is C21H19N3O4. The summed E-state index contributed by atoms with van der Waals surface area (Å²) >= 11 is 0. The van der Waals surface area contributed by atoms with Gasteiger partial charge in [0.05, 0.1) is 17.7 Å². The van der Waals surface area contributed by atoms with E-state index in [2.05, 4.69) is 0 Å². The minimum atomic E-state index is -0.577. The quantitative estimate of drug-likeness (QED) is 0.487. The number of hydrogen-bond donors (Lipinski definition) is 0. The maximum atomic E-state index is 13.1. The predicted molar refractivity (Wildman–Crippen MR) is 106 cm³/mol. The highest BCUT2D eigenvalue weighted by atomic mass is 16.6. The topological polar surface area (TPSA) is 85.4 Å². The first kappa shape index (κ1) is 19.0. The number of nitrogens with zero attached hydrogens (tertiary/aromatic N) is 3. The number of pyridine rings is 1.